The van der Waals surface area contributed by atoms with E-state index in [-0.39, 0.29) is 22.2 Å². The predicted octanol–water partition coefficient (Wildman–Crippen LogP) is 8.29. The van der Waals surface area contributed by atoms with Crippen molar-refractivity contribution < 1.29 is 17.9 Å². The molecule has 4 aromatic rings. The van der Waals surface area contributed by atoms with Gasteiger partial charge in [0.1, 0.15) is 5.75 Å². The van der Waals surface area contributed by atoms with Gasteiger partial charge >= 0.3 is 0 Å². The van der Waals surface area contributed by atoms with Crippen LogP contribution in [0.5, 0.6) is 11.5 Å². The molecule has 8 nitrogen and oxygen atoms in total. The van der Waals surface area contributed by atoms with Gasteiger partial charge in [-0.3, -0.25) is 9.52 Å². The van der Waals surface area contributed by atoms with E-state index in [1.54, 1.807) is 36.4 Å². The van der Waals surface area contributed by atoms with Gasteiger partial charge < -0.3 is 19.9 Å². The maximum Gasteiger partial charge on any atom is 0.262 e. The molecule has 46 heavy (non-hydrogen) atoms. The Morgan fingerprint density at radius 2 is 1.48 bits per heavy atom. The lowest BCUT2D eigenvalue weighted by molar-refractivity contribution is 0.102. The van der Waals surface area contributed by atoms with Gasteiger partial charge in [-0.15, -0.1) is 0 Å². The van der Waals surface area contributed by atoms with Crippen LogP contribution < -0.4 is 19.7 Å². The van der Waals surface area contributed by atoms with Gasteiger partial charge in [-0.05, 0) is 118 Å². The van der Waals surface area contributed by atoms with E-state index in [0.717, 1.165) is 18.8 Å². The van der Waals surface area contributed by atoms with Crippen LogP contribution in [-0.2, 0) is 10.0 Å². The number of rotatable bonds is 9. The second-order valence-corrected chi connectivity index (χ2v) is 14.1. The maximum atomic E-state index is 13.2. The van der Waals surface area contributed by atoms with Crippen molar-refractivity contribution in [1.29, 1.82) is 0 Å². The molecule has 0 bridgehead atoms. The highest BCUT2D eigenvalue weighted by molar-refractivity contribution is 7.92. The minimum absolute atomic E-state index is 0.00297. The largest absolute Gasteiger partial charge is 0.454 e. The number of nitrogens with zero attached hydrogens (tertiary/aromatic N) is 2. The van der Waals surface area contributed by atoms with Crippen LogP contribution in [0.2, 0.25) is 10.0 Å². The molecule has 4 aromatic carbocycles. The molecule has 0 radical (unpaired) electrons. The standard InChI is InChI=1S/C35H36Cl2N4O4S/c36-26-10-17-33(31(37)24-26)45-34-7-3-2-6-32(34)39-46(43,44)30-15-8-25(9-16-30)35(42)38-27-11-13-28(14-12-27)41-22-18-29(19-23-41)40-20-4-1-5-21-40/h2-3,6-17,24,29,39H,1,4-5,18-23H2,(H,38,42). The Morgan fingerprint density at radius 1 is 0.783 bits per heavy atom. The molecule has 1 amide bonds. The van der Waals surface area contributed by atoms with Crippen LogP contribution in [0.25, 0.3) is 0 Å². The summed E-state index contributed by atoms with van der Waals surface area (Å²) < 4.78 is 34.9. The number of ether oxygens (including phenoxy) is 1. The minimum atomic E-state index is -4.00. The van der Waals surface area contributed by atoms with Crippen molar-refractivity contribution in [2.24, 2.45) is 0 Å². The van der Waals surface area contributed by atoms with Crippen molar-refractivity contribution in [2.75, 3.05) is 41.1 Å². The molecule has 11 heteroatoms. The SMILES string of the molecule is O=C(Nc1ccc(N2CCC(N3CCCCC3)CC2)cc1)c1ccc(S(=O)(=O)Nc2ccccc2Oc2ccc(Cl)cc2Cl)cc1. The molecule has 240 valence electrons. The number of sulfonamides is 1. The maximum absolute atomic E-state index is 13.2. The predicted molar refractivity (Wildman–Crippen MR) is 185 cm³/mol. The lowest BCUT2D eigenvalue weighted by Crippen LogP contribution is -2.46. The van der Waals surface area contributed by atoms with E-state index in [0.29, 0.717) is 33.1 Å². The first kappa shape index (κ1) is 32.2. The van der Waals surface area contributed by atoms with Crippen molar-refractivity contribution in [2.45, 2.75) is 43.0 Å². The summed E-state index contributed by atoms with van der Waals surface area (Å²) in [5, 5.41) is 3.65. The molecule has 2 aliphatic heterocycles. The molecule has 0 spiro atoms. The monoisotopic (exact) mass is 678 g/mol. The highest BCUT2D eigenvalue weighted by Gasteiger charge is 2.26. The van der Waals surface area contributed by atoms with Gasteiger partial charge in [0.2, 0.25) is 0 Å². The van der Waals surface area contributed by atoms with Gasteiger partial charge in [0, 0.05) is 41.1 Å². The highest BCUT2D eigenvalue weighted by Crippen LogP contribution is 2.36. The number of para-hydroxylation sites is 2. The topological polar surface area (TPSA) is 91.0 Å². The summed E-state index contributed by atoms with van der Waals surface area (Å²) in [6.45, 7) is 4.54. The summed E-state index contributed by atoms with van der Waals surface area (Å²) in [5.74, 6) is 0.264. The van der Waals surface area contributed by atoms with E-state index < -0.39 is 10.0 Å². The summed E-state index contributed by atoms with van der Waals surface area (Å²) in [4.78, 5) is 18.1. The summed E-state index contributed by atoms with van der Waals surface area (Å²) >= 11 is 12.2. The van der Waals surface area contributed by atoms with E-state index in [1.807, 2.05) is 24.3 Å². The zero-order chi connectivity index (χ0) is 32.1. The zero-order valence-corrected chi connectivity index (χ0v) is 27.6. The number of hydrogen-bond acceptors (Lipinski definition) is 6. The number of amides is 1. The second kappa shape index (κ2) is 14.3. The molecule has 6 rings (SSSR count). The number of nitrogens with one attached hydrogen (secondary N) is 2. The second-order valence-electron chi connectivity index (χ2n) is 11.6. The van der Waals surface area contributed by atoms with Crippen molar-refractivity contribution in [1.82, 2.24) is 4.90 Å². The molecule has 2 N–H and O–H groups in total. The van der Waals surface area contributed by atoms with Gasteiger partial charge in [-0.25, -0.2) is 8.42 Å². The van der Waals surface area contributed by atoms with Gasteiger partial charge in [-0.2, -0.15) is 0 Å². The molecular formula is C35H36Cl2N4O4S. The Bertz CT molecular complexity index is 1770. The molecule has 0 saturated carbocycles. The molecule has 2 aliphatic rings. The summed E-state index contributed by atoms with van der Waals surface area (Å²) in [7, 11) is -4.00. The summed E-state index contributed by atoms with van der Waals surface area (Å²) in [6, 6.07) is 25.7. The number of anilines is 3. The van der Waals surface area contributed by atoms with E-state index in [4.69, 9.17) is 27.9 Å². The molecular weight excluding hydrogens is 643 g/mol. The normalized spacial score (nSPS) is 16.2. The number of carbonyl (C=O) groups is 1. The number of carbonyl (C=O) groups excluding carboxylic acids is 1. The third-order valence-electron chi connectivity index (χ3n) is 8.53. The summed E-state index contributed by atoms with van der Waals surface area (Å²) in [6.07, 6.45) is 6.36. The Kier molecular flexibility index (Phi) is 10.0. The molecule has 2 heterocycles. The average Bonchev–Trinajstić information content (AvgIpc) is 3.07. The van der Waals surface area contributed by atoms with Crippen LogP contribution in [-0.4, -0.2) is 51.4 Å². The molecule has 2 fully saturated rings. The van der Waals surface area contributed by atoms with E-state index in [2.05, 4.69) is 19.8 Å². The van der Waals surface area contributed by atoms with Crippen LogP contribution >= 0.6 is 23.2 Å². The van der Waals surface area contributed by atoms with E-state index in [9.17, 15) is 13.2 Å². The van der Waals surface area contributed by atoms with Gasteiger partial charge in [0.05, 0.1) is 15.6 Å². The molecule has 0 aliphatic carbocycles. The third kappa shape index (κ3) is 7.78. The van der Waals surface area contributed by atoms with E-state index in [1.165, 1.54) is 75.5 Å². The molecule has 2 saturated heterocycles. The van der Waals surface area contributed by atoms with Gasteiger partial charge in [0.15, 0.2) is 5.75 Å². The highest BCUT2D eigenvalue weighted by atomic mass is 35.5. The molecule has 0 aromatic heterocycles. The first-order chi connectivity index (χ1) is 22.2. The lowest BCUT2D eigenvalue weighted by atomic mass is 9.99. The fourth-order valence-corrected chi connectivity index (χ4v) is 7.55. The van der Waals surface area contributed by atoms with Gasteiger partial charge in [-0.1, -0.05) is 41.8 Å². The Balaban J connectivity index is 1.05. The van der Waals surface area contributed by atoms with Crippen molar-refractivity contribution >= 4 is 56.2 Å². The van der Waals surface area contributed by atoms with Gasteiger partial charge in [0.25, 0.3) is 15.9 Å². The molecule has 0 atom stereocenters. The van der Waals surface area contributed by atoms with Crippen LogP contribution in [0.1, 0.15) is 42.5 Å². The van der Waals surface area contributed by atoms with Crippen LogP contribution in [0.3, 0.4) is 0 Å². The Morgan fingerprint density at radius 3 is 2.17 bits per heavy atom. The first-order valence-electron chi connectivity index (χ1n) is 15.5. The van der Waals surface area contributed by atoms with Crippen molar-refractivity contribution in [3.8, 4) is 11.5 Å². The summed E-state index contributed by atoms with van der Waals surface area (Å²) in [5.41, 5.74) is 2.39. The number of halogens is 2. The number of benzene rings is 4. The Hall–Kier alpha value is -3.76. The average molecular weight is 680 g/mol. The smallest absolute Gasteiger partial charge is 0.262 e. The lowest BCUT2D eigenvalue weighted by Gasteiger charge is -2.41. The quantitative estimate of drug-likeness (QED) is 0.185. The fourth-order valence-electron chi connectivity index (χ4n) is 6.04. The Labute approximate surface area is 280 Å². The number of piperidine rings is 2. The van der Waals surface area contributed by atoms with Crippen LogP contribution in [0, 0.1) is 0 Å². The van der Waals surface area contributed by atoms with Crippen molar-refractivity contribution in [3.63, 3.8) is 0 Å². The first-order valence-corrected chi connectivity index (χ1v) is 17.7. The van der Waals surface area contributed by atoms with Crippen molar-refractivity contribution in [3.05, 3.63) is 107 Å². The van der Waals surface area contributed by atoms with Crippen LogP contribution in [0.4, 0.5) is 17.1 Å². The number of hydrogen-bond donors (Lipinski definition) is 2. The molecule has 0 unspecified atom stereocenters. The van der Waals surface area contributed by atoms with E-state index >= 15 is 0 Å². The van der Waals surface area contributed by atoms with Crippen LogP contribution in [0.15, 0.2) is 95.9 Å². The minimum Gasteiger partial charge on any atom is -0.454 e. The third-order valence-corrected chi connectivity index (χ3v) is 10.4. The fraction of sp³-hybridized carbons (Fsp3) is 0.286. The zero-order valence-electron chi connectivity index (χ0n) is 25.3. The number of likely N-dealkylation sites (tertiary alicyclic amines) is 1.